The maximum absolute atomic E-state index is 12.5. The minimum Gasteiger partial charge on any atom is -0.298 e. The summed E-state index contributed by atoms with van der Waals surface area (Å²) in [5, 5.41) is 3.18. The Labute approximate surface area is 148 Å². The van der Waals surface area contributed by atoms with Crippen LogP contribution < -0.4 is 5.32 Å². The van der Waals surface area contributed by atoms with Crippen molar-refractivity contribution in [1.29, 1.82) is 0 Å². The zero-order valence-electron chi connectivity index (χ0n) is 13.3. The zero-order valence-corrected chi connectivity index (χ0v) is 15.0. The van der Waals surface area contributed by atoms with Crippen molar-refractivity contribution in [2.75, 3.05) is 5.32 Å². The van der Waals surface area contributed by atoms with Crippen molar-refractivity contribution in [3.05, 3.63) is 40.4 Å². The number of thiazole rings is 1. The normalized spacial score (nSPS) is 17.4. The molecule has 5 nitrogen and oxygen atoms in total. The van der Waals surface area contributed by atoms with E-state index in [1.807, 2.05) is 0 Å². The highest BCUT2D eigenvalue weighted by Crippen LogP contribution is 2.32. The van der Waals surface area contributed by atoms with Crippen molar-refractivity contribution in [1.82, 2.24) is 4.98 Å². The third-order valence-electron chi connectivity index (χ3n) is 4.09. The molecule has 1 aromatic heterocycles. The third kappa shape index (κ3) is 3.72. The lowest BCUT2D eigenvalue weighted by atomic mass is 9.93. The van der Waals surface area contributed by atoms with E-state index in [0.717, 1.165) is 37.1 Å². The van der Waals surface area contributed by atoms with Crippen molar-refractivity contribution in [3.8, 4) is 0 Å². The fourth-order valence-electron chi connectivity index (χ4n) is 2.66. The van der Waals surface area contributed by atoms with Gasteiger partial charge in [-0.25, -0.2) is 13.4 Å². The Morgan fingerprint density at radius 3 is 2.64 bits per heavy atom. The molecule has 0 radical (unpaired) electrons. The Morgan fingerprint density at radius 2 is 2.00 bits per heavy atom. The van der Waals surface area contributed by atoms with Crippen LogP contribution in [0.1, 0.15) is 34.3 Å². The molecule has 1 N–H and O–H groups in total. The summed E-state index contributed by atoms with van der Waals surface area (Å²) in [6, 6.07) is 4.43. The standard InChI is InChI=1S/C16H16F2N2O3S2/c1-9-2-7-12-13(8-9)24-16(19-12)20-14(21)10-3-5-11(6-4-10)25(22,23)15(17)18/h3-6,9,15H,2,7-8H2,1H3,(H,19,20,21)/t9-/m0/s1. The van der Waals surface area contributed by atoms with Gasteiger partial charge in [0.15, 0.2) is 5.13 Å². The van der Waals surface area contributed by atoms with Crippen LogP contribution in [0.25, 0.3) is 0 Å². The lowest BCUT2D eigenvalue weighted by molar-refractivity contribution is 0.102. The third-order valence-corrected chi connectivity index (χ3v) is 6.52. The summed E-state index contributed by atoms with van der Waals surface area (Å²) < 4.78 is 47.8. The summed E-state index contributed by atoms with van der Waals surface area (Å²) in [6.07, 6.45) is 2.91. The summed E-state index contributed by atoms with van der Waals surface area (Å²) in [5.74, 6) is -3.35. The smallest absolute Gasteiger partial charge is 0.298 e. The highest BCUT2D eigenvalue weighted by molar-refractivity contribution is 7.91. The van der Waals surface area contributed by atoms with E-state index in [9.17, 15) is 22.0 Å². The largest absolute Gasteiger partial charge is 0.341 e. The number of aromatic nitrogens is 1. The van der Waals surface area contributed by atoms with Crippen molar-refractivity contribution in [2.45, 2.75) is 36.8 Å². The van der Waals surface area contributed by atoms with E-state index in [1.54, 1.807) is 0 Å². The number of nitrogens with zero attached hydrogens (tertiary/aromatic N) is 1. The Kier molecular flexibility index (Phi) is 4.88. The molecule has 0 spiro atoms. The first-order chi connectivity index (χ1) is 11.8. The number of nitrogens with one attached hydrogen (secondary N) is 1. The van der Waals surface area contributed by atoms with Crippen molar-refractivity contribution in [3.63, 3.8) is 0 Å². The predicted molar refractivity (Wildman–Crippen MR) is 90.9 cm³/mol. The maximum atomic E-state index is 12.5. The number of alkyl halides is 2. The molecule has 0 aliphatic heterocycles. The SMILES string of the molecule is C[C@H]1CCc2nc(NC(=O)c3ccc(S(=O)(=O)C(F)F)cc3)sc2C1. The number of fused-ring (bicyclic) bond motifs is 1. The molecule has 1 aromatic carbocycles. The fraction of sp³-hybridized carbons (Fsp3) is 0.375. The highest BCUT2D eigenvalue weighted by atomic mass is 32.2. The van der Waals surface area contributed by atoms with Gasteiger partial charge in [0, 0.05) is 10.4 Å². The maximum Gasteiger partial charge on any atom is 0.341 e. The van der Waals surface area contributed by atoms with Gasteiger partial charge in [-0.15, -0.1) is 11.3 Å². The molecular formula is C16H16F2N2O3S2. The molecule has 1 aliphatic carbocycles. The monoisotopic (exact) mass is 386 g/mol. The van der Waals surface area contributed by atoms with Gasteiger partial charge in [0.2, 0.25) is 9.84 Å². The summed E-state index contributed by atoms with van der Waals surface area (Å²) in [4.78, 5) is 17.3. The van der Waals surface area contributed by atoms with Gasteiger partial charge >= 0.3 is 5.76 Å². The summed E-state index contributed by atoms with van der Waals surface area (Å²) in [7, 11) is -4.66. The number of hydrogen-bond donors (Lipinski definition) is 1. The van der Waals surface area contributed by atoms with Crippen LogP contribution in [0, 0.1) is 5.92 Å². The van der Waals surface area contributed by atoms with Gasteiger partial charge in [0.25, 0.3) is 5.91 Å². The van der Waals surface area contributed by atoms with E-state index in [0.29, 0.717) is 11.0 Å². The van der Waals surface area contributed by atoms with Crippen LogP contribution in [0.4, 0.5) is 13.9 Å². The van der Waals surface area contributed by atoms with Crippen LogP contribution in [0.5, 0.6) is 0 Å². The van der Waals surface area contributed by atoms with E-state index in [1.165, 1.54) is 28.3 Å². The minimum atomic E-state index is -4.66. The van der Waals surface area contributed by atoms with Crippen LogP contribution in [0.3, 0.4) is 0 Å². The van der Waals surface area contributed by atoms with E-state index >= 15 is 0 Å². The van der Waals surface area contributed by atoms with Crippen molar-refractivity contribution in [2.24, 2.45) is 5.92 Å². The Hall–Kier alpha value is -1.87. The number of anilines is 1. The first-order valence-electron chi connectivity index (χ1n) is 7.69. The van der Waals surface area contributed by atoms with Crippen LogP contribution >= 0.6 is 11.3 Å². The van der Waals surface area contributed by atoms with E-state index in [-0.39, 0.29) is 5.56 Å². The molecule has 1 atom stereocenters. The molecule has 3 rings (SSSR count). The lowest BCUT2D eigenvalue weighted by Crippen LogP contribution is -2.14. The Morgan fingerprint density at radius 1 is 1.32 bits per heavy atom. The van der Waals surface area contributed by atoms with Crippen LogP contribution in [-0.4, -0.2) is 25.1 Å². The van der Waals surface area contributed by atoms with E-state index in [2.05, 4.69) is 17.2 Å². The zero-order chi connectivity index (χ0) is 18.2. The number of sulfone groups is 1. The highest BCUT2D eigenvalue weighted by Gasteiger charge is 2.26. The Balaban J connectivity index is 1.74. The molecule has 25 heavy (non-hydrogen) atoms. The first-order valence-corrected chi connectivity index (χ1v) is 10.1. The van der Waals surface area contributed by atoms with Crippen LogP contribution in [-0.2, 0) is 22.7 Å². The van der Waals surface area contributed by atoms with E-state index in [4.69, 9.17) is 0 Å². The molecule has 9 heteroatoms. The van der Waals surface area contributed by atoms with Crippen LogP contribution in [0.15, 0.2) is 29.2 Å². The minimum absolute atomic E-state index is 0.176. The fourth-order valence-corrected chi connectivity index (χ4v) is 4.55. The molecule has 1 amide bonds. The van der Waals surface area contributed by atoms with Gasteiger partial charge in [-0.3, -0.25) is 10.1 Å². The number of benzene rings is 1. The van der Waals surface area contributed by atoms with Crippen LogP contribution in [0.2, 0.25) is 0 Å². The summed E-state index contributed by atoms with van der Waals surface area (Å²) in [5.41, 5.74) is 1.19. The second-order valence-electron chi connectivity index (χ2n) is 6.02. The molecule has 0 unspecified atom stereocenters. The number of hydrogen-bond acceptors (Lipinski definition) is 5. The topological polar surface area (TPSA) is 76.1 Å². The van der Waals surface area contributed by atoms with Gasteiger partial charge in [-0.2, -0.15) is 8.78 Å². The number of amides is 1. The first kappa shape index (κ1) is 17.9. The number of carbonyl (C=O) groups is 1. The van der Waals surface area contributed by atoms with E-state index < -0.39 is 26.4 Å². The molecule has 134 valence electrons. The summed E-state index contributed by atoms with van der Waals surface area (Å²) >= 11 is 1.44. The van der Waals surface area contributed by atoms with Gasteiger partial charge in [-0.1, -0.05) is 6.92 Å². The second-order valence-corrected chi connectivity index (χ2v) is 9.02. The lowest BCUT2D eigenvalue weighted by Gasteiger charge is -2.15. The predicted octanol–water partition coefficient (Wildman–Crippen LogP) is 3.52. The molecule has 0 saturated carbocycles. The quantitative estimate of drug-likeness (QED) is 0.872. The second kappa shape index (κ2) is 6.80. The molecule has 1 aliphatic rings. The van der Waals surface area contributed by atoms with Gasteiger partial charge in [0.1, 0.15) is 0 Å². The molecule has 0 saturated heterocycles. The Bertz CT molecular complexity index is 893. The summed E-state index contributed by atoms with van der Waals surface area (Å²) in [6.45, 7) is 2.18. The van der Waals surface area contributed by atoms with Crippen molar-refractivity contribution >= 4 is 32.2 Å². The number of carbonyl (C=O) groups excluding carboxylic acids is 1. The number of aryl methyl sites for hydroxylation is 1. The molecule has 1 heterocycles. The van der Waals surface area contributed by atoms with Gasteiger partial charge < -0.3 is 0 Å². The average Bonchev–Trinajstić information content (AvgIpc) is 2.96. The van der Waals surface area contributed by atoms with Gasteiger partial charge in [-0.05, 0) is 49.4 Å². The molecule has 0 fully saturated rings. The average molecular weight is 386 g/mol. The number of halogens is 2. The number of rotatable bonds is 4. The van der Waals surface area contributed by atoms with Crippen molar-refractivity contribution < 1.29 is 22.0 Å². The van der Waals surface area contributed by atoms with Gasteiger partial charge in [0.05, 0.1) is 10.6 Å². The molecule has 0 bridgehead atoms. The molecule has 2 aromatic rings. The molecular weight excluding hydrogens is 370 g/mol.